The molecule has 0 aromatic rings. The Kier molecular flexibility index (Phi) is 7.79. The zero-order valence-corrected chi connectivity index (χ0v) is 11.0. The van der Waals surface area contributed by atoms with Gasteiger partial charge in [-0.3, -0.25) is 0 Å². The quantitative estimate of drug-likeness (QED) is 0.636. The van der Waals surface area contributed by atoms with Crippen molar-refractivity contribution in [3.05, 3.63) is 0 Å². The molecule has 104 valence electrons. The van der Waals surface area contributed by atoms with Gasteiger partial charge in [0.25, 0.3) is 0 Å². The van der Waals surface area contributed by atoms with Gasteiger partial charge in [-0.2, -0.15) is 13.2 Å². The Hall–Kier alpha value is -0.290. The van der Waals surface area contributed by atoms with Gasteiger partial charge < -0.3 is 10.1 Å². The number of hydrogen-bond donors (Lipinski definition) is 1. The molecule has 0 aliphatic carbocycles. The lowest BCUT2D eigenvalue weighted by Crippen LogP contribution is -2.44. The SMILES string of the molecule is CCC(CC)(CC)NCCCOCC(F)(F)F. The highest BCUT2D eigenvalue weighted by Crippen LogP contribution is 2.19. The van der Waals surface area contributed by atoms with E-state index in [1.165, 1.54) is 0 Å². The molecule has 0 spiro atoms. The average molecular weight is 255 g/mol. The first-order valence-electron chi connectivity index (χ1n) is 6.28. The van der Waals surface area contributed by atoms with E-state index in [4.69, 9.17) is 0 Å². The largest absolute Gasteiger partial charge is 0.411 e. The summed E-state index contributed by atoms with van der Waals surface area (Å²) in [7, 11) is 0. The summed E-state index contributed by atoms with van der Waals surface area (Å²) in [4.78, 5) is 0. The Morgan fingerprint density at radius 1 is 1.00 bits per heavy atom. The Bertz CT molecular complexity index is 182. The van der Waals surface area contributed by atoms with E-state index < -0.39 is 12.8 Å². The molecule has 1 N–H and O–H groups in total. The molecule has 0 aliphatic rings. The Morgan fingerprint density at radius 3 is 1.94 bits per heavy atom. The number of ether oxygens (including phenoxy) is 1. The van der Waals surface area contributed by atoms with Gasteiger partial charge >= 0.3 is 6.18 Å². The van der Waals surface area contributed by atoms with E-state index in [0.29, 0.717) is 13.0 Å². The predicted molar refractivity (Wildman–Crippen MR) is 63.1 cm³/mol. The first kappa shape index (κ1) is 16.7. The lowest BCUT2D eigenvalue weighted by Gasteiger charge is -2.32. The predicted octanol–water partition coefficient (Wildman–Crippen LogP) is 3.51. The first-order valence-corrected chi connectivity index (χ1v) is 6.28. The number of rotatable bonds is 9. The molecule has 17 heavy (non-hydrogen) atoms. The highest BCUT2D eigenvalue weighted by Gasteiger charge is 2.27. The van der Waals surface area contributed by atoms with Crippen molar-refractivity contribution >= 4 is 0 Å². The van der Waals surface area contributed by atoms with Gasteiger partial charge in [-0.1, -0.05) is 20.8 Å². The topological polar surface area (TPSA) is 21.3 Å². The summed E-state index contributed by atoms with van der Waals surface area (Å²) < 4.78 is 39.9. The van der Waals surface area contributed by atoms with E-state index in [9.17, 15) is 13.2 Å². The Morgan fingerprint density at radius 2 is 1.53 bits per heavy atom. The molecule has 0 aromatic heterocycles. The maximum atomic E-state index is 11.8. The number of alkyl halides is 3. The minimum Gasteiger partial charge on any atom is -0.372 e. The zero-order chi connectivity index (χ0) is 13.4. The third-order valence-electron chi connectivity index (χ3n) is 3.26. The van der Waals surface area contributed by atoms with Crippen molar-refractivity contribution in [1.82, 2.24) is 5.32 Å². The van der Waals surface area contributed by atoms with E-state index in [1.54, 1.807) is 0 Å². The summed E-state index contributed by atoms with van der Waals surface area (Å²) in [5, 5.41) is 3.42. The molecule has 0 unspecified atom stereocenters. The summed E-state index contributed by atoms with van der Waals surface area (Å²) in [5.74, 6) is 0. The molecule has 0 aromatic carbocycles. The molecule has 0 fully saturated rings. The fourth-order valence-electron chi connectivity index (χ4n) is 1.84. The fraction of sp³-hybridized carbons (Fsp3) is 1.00. The first-order chi connectivity index (χ1) is 7.89. The van der Waals surface area contributed by atoms with Crippen molar-refractivity contribution in [3.8, 4) is 0 Å². The molecule has 0 rings (SSSR count). The maximum Gasteiger partial charge on any atom is 0.411 e. The van der Waals surface area contributed by atoms with Crippen LogP contribution in [0, 0.1) is 0 Å². The van der Waals surface area contributed by atoms with Crippen molar-refractivity contribution < 1.29 is 17.9 Å². The third kappa shape index (κ3) is 7.60. The van der Waals surface area contributed by atoms with Gasteiger partial charge in [0.1, 0.15) is 6.61 Å². The van der Waals surface area contributed by atoms with E-state index >= 15 is 0 Å². The van der Waals surface area contributed by atoms with Crippen LogP contribution in [0.2, 0.25) is 0 Å². The van der Waals surface area contributed by atoms with Crippen LogP contribution in [-0.4, -0.2) is 31.5 Å². The molecule has 0 heterocycles. The van der Waals surface area contributed by atoms with Crippen molar-refractivity contribution in [2.24, 2.45) is 0 Å². The van der Waals surface area contributed by atoms with E-state index in [-0.39, 0.29) is 12.1 Å². The molecule has 0 aliphatic heterocycles. The van der Waals surface area contributed by atoms with E-state index in [2.05, 4.69) is 30.8 Å². The standard InChI is InChI=1S/C12H24F3NO/c1-4-11(5-2,6-3)16-8-7-9-17-10-12(13,14)15/h16H,4-10H2,1-3H3. The number of nitrogens with one attached hydrogen (secondary N) is 1. The van der Waals surface area contributed by atoms with Crippen molar-refractivity contribution in [2.45, 2.75) is 58.2 Å². The second-order valence-corrected chi connectivity index (χ2v) is 4.29. The van der Waals surface area contributed by atoms with Crippen LogP contribution < -0.4 is 5.32 Å². The summed E-state index contributed by atoms with van der Waals surface area (Å²) in [5.41, 5.74) is 0.129. The fourth-order valence-corrected chi connectivity index (χ4v) is 1.84. The lowest BCUT2D eigenvalue weighted by molar-refractivity contribution is -0.174. The molecule has 0 radical (unpaired) electrons. The van der Waals surface area contributed by atoms with Gasteiger partial charge in [-0.05, 0) is 32.2 Å². The Labute approximate surface area is 102 Å². The van der Waals surface area contributed by atoms with Crippen LogP contribution in [0.4, 0.5) is 13.2 Å². The van der Waals surface area contributed by atoms with Crippen LogP contribution in [0.15, 0.2) is 0 Å². The minimum atomic E-state index is -4.21. The van der Waals surface area contributed by atoms with Gasteiger partial charge in [-0.15, -0.1) is 0 Å². The molecular weight excluding hydrogens is 231 g/mol. The van der Waals surface area contributed by atoms with Gasteiger partial charge in [0.15, 0.2) is 0 Å². The van der Waals surface area contributed by atoms with Gasteiger partial charge in [-0.25, -0.2) is 0 Å². The molecule has 5 heteroatoms. The number of halogens is 3. The smallest absolute Gasteiger partial charge is 0.372 e. The highest BCUT2D eigenvalue weighted by molar-refractivity contribution is 4.83. The van der Waals surface area contributed by atoms with Gasteiger partial charge in [0.2, 0.25) is 0 Å². The molecule has 0 saturated carbocycles. The van der Waals surface area contributed by atoms with E-state index in [1.807, 2.05) is 0 Å². The molecule has 0 amide bonds. The second-order valence-electron chi connectivity index (χ2n) is 4.29. The zero-order valence-electron chi connectivity index (χ0n) is 11.0. The van der Waals surface area contributed by atoms with Crippen LogP contribution in [0.3, 0.4) is 0 Å². The van der Waals surface area contributed by atoms with Crippen LogP contribution in [0.1, 0.15) is 46.5 Å². The third-order valence-corrected chi connectivity index (χ3v) is 3.26. The summed E-state index contributed by atoms with van der Waals surface area (Å²) in [6, 6.07) is 0. The summed E-state index contributed by atoms with van der Waals surface area (Å²) >= 11 is 0. The number of hydrogen-bond acceptors (Lipinski definition) is 2. The maximum absolute atomic E-state index is 11.8. The van der Waals surface area contributed by atoms with Crippen LogP contribution in [0.5, 0.6) is 0 Å². The average Bonchev–Trinajstić information content (AvgIpc) is 2.28. The van der Waals surface area contributed by atoms with Crippen molar-refractivity contribution in [1.29, 1.82) is 0 Å². The van der Waals surface area contributed by atoms with Gasteiger partial charge in [0, 0.05) is 12.1 Å². The molecular formula is C12H24F3NO. The lowest BCUT2D eigenvalue weighted by atomic mass is 9.90. The molecule has 0 bridgehead atoms. The van der Waals surface area contributed by atoms with Crippen molar-refractivity contribution in [2.75, 3.05) is 19.8 Å². The van der Waals surface area contributed by atoms with Crippen LogP contribution >= 0.6 is 0 Å². The van der Waals surface area contributed by atoms with Crippen LogP contribution in [0.25, 0.3) is 0 Å². The second kappa shape index (κ2) is 7.93. The minimum absolute atomic E-state index is 0.129. The van der Waals surface area contributed by atoms with E-state index in [0.717, 1.165) is 19.3 Å². The molecule has 0 saturated heterocycles. The van der Waals surface area contributed by atoms with Crippen LogP contribution in [-0.2, 0) is 4.74 Å². The summed E-state index contributed by atoms with van der Waals surface area (Å²) in [6.07, 6.45) is -0.512. The Balaban J connectivity index is 3.63. The monoisotopic (exact) mass is 255 g/mol. The highest BCUT2D eigenvalue weighted by atomic mass is 19.4. The molecule has 0 atom stereocenters. The molecule has 2 nitrogen and oxygen atoms in total. The normalized spacial score (nSPS) is 13.1. The van der Waals surface area contributed by atoms with Crippen molar-refractivity contribution in [3.63, 3.8) is 0 Å². The summed E-state index contributed by atoms with van der Waals surface area (Å²) in [6.45, 7) is 6.08. The van der Waals surface area contributed by atoms with Gasteiger partial charge in [0.05, 0.1) is 0 Å².